The third-order valence-electron chi connectivity index (χ3n) is 8.70. The number of carbonyl (C=O) groups excluding carboxylic acids is 6. The van der Waals surface area contributed by atoms with E-state index in [0.29, 0.717) is 22.0 Å². The Hall–Kier alpha value is -6.83. The van der Waals surface area contributed by atoms with E-state index in [1.807, 2.05) is 0 Å². The molecule has 57 heavy (non-hydrogen) atoms. The molecule has 0 bridgehead atoms. The van der Waals surface area contributed by atoms with Crippen molar-refractivity contribution in [2.45, 2.75) is 88.1 Å². The number of H-pyrrole nitrogens is 1. The minimum absolute atomic E-state index is 0.111. The van der Waals surface area contributed by atoms with Gasteiger partial charge in [-0.25, -0.2) is 4.79 Å². The molecular formula is C37H46N8O12. The average molecular weight is 795 g/mol. The van der Waals surface area contributed by atoms with Crippen LogP contribution in [0.25, 0.3) is 10.9 Å². The average Bonchev–Trinajstić information content (AvgIpc) is 3.56. The van der Waals surface area contributed by atoms with E-state index in [1.54, 1.807) is 60.8 Å². The fraction of sp³-hybridized carbons (Fsp3) is 0.378. The Labute approximate surface area is 325 Å². The highest BCUT2D eigenvalue weighted by Gasteiger charge is 2.33. The molecule has 0 radical (unpaired) electrons. The van der Waals surface area contributed by atoms with Crippen LogP contribution in [0.15, 0.2) is 60.8 Å². The topological polar surface area (TPSA) is 342 Å². The number of hydrogen-bond acceptors (Lipinski definition) is 10. The number of amides is 6. The highest BCUT2D eigenvalue weighted by molar-refractivity contribution is 5.97. The molecule has 0 spiro atoms. The maximum atomic E-state index is 14.1. The fourth-order valence-corrected chi connectivity index (χ4v) is 5.65. The summed E-state index contributed by atoms with van der Waals surface area (Å²) < 4.78 is 0. The highest BCUT2D eigenvalue weighted by atomic mass is 16.4. The Balaban J connectivity index is 1.88. The largest absolute Gasteiger partial charge is 0.481 e. The monoisotopic (exact) mass is 794 g/mol. The van der Waals surface area contributed by atoms with Gasteiger partial charge in [-0.3, -0.25) is 38.4 Å². The molecule has 1 heterocycles. The maximum Gasteiger partial charge on any atom is 0.326 e. The second-order valence-corrected chi connectivity index (χ2v) is 13.2. The summed E-state index contributed by atoms with van der Waals surface area (Å²) in [5.41, 5.74) is 12.6. The van der Waals surface area contributed by atoms with Gasteiger partial charge in [-0.1, -0.05) is 48.5 Å². The lowest BCUT2D eigenvalue weighted by atomic mass is 10.0. The number of aromatic nitrogens is 1. The third kappa shape index (κ3) is 14.4. The van der Waals surface area contributed by atoms with Crippen LogP contribution in [-0.2, 0) is 56.0 Å². The van der Waals surface area contributed by atoms with Crippen LogP contribution in [0.2, 0.25) is 0 Å². The zero-order valence-corrected chi connectivity index (χ0v) is 30.9. The number of hydrogen-bond donors (Lipinski definition) is 11. The lowest BCUT2D eigenvalue weighted by Crippen LogP contribution is -2.59. The molecule has 0 aliphatic carbocycles. The number of aromatic amines is 1. The third-order valence-corrected chi connectivity index (χ3v) is 8.70. The van der Waals surface area contributed by atoms with Crippen LogP contribution in [0.5, 0.6) is 0 Å². The fourth-order valence-electron chi connectivity index (χ4n) is 5.65. The molecule has 6 amide bonds. The van der Waals surface area contributed by atoms with Crippen molar-refractivity contribution in [1.82, 2.24) is 31.6 Å². The minimum atomic E-state index is -1.56. The molecule has 20 nitrogen and oxygen atoms in total. The minimum Gasteiger partial charge on any atom is -0.481 e. The van der Waals surface area contributed by atoms with Crippen molar-refractivity contribution in [3.8, 4) is 0 Å². The van der Waals surface area contributed by atoms with Gasteiger partial charge in [0.05, 0.1) is 12.5 Å². The van der Waals surface area contributed by atoms with Crippen LogP contribution in [-0.4, -0.2) is 110 Å². The standard InChI is InChI=1S/C37H46N8O12/c1-19(41-34(53)25(12-14-30(47)48)42-33(52)23(38)17-31(49)50)32(51)44-28(16-21-18-40-24-10-6-5-9-22(21)24)36(55)45-27(15-20-7-3-2-4-8-20)35(54)43-26(37(56)57)11-13-29(39)46/h2-10,18-19,23,25-28,40H,11-17,38H2,1H3,(H2,39,46)(H,41,53)(H,42,52)(H,43,54)(H,44,51)(H,45,55)(H,47,48)(H,49,50)(H,56,57)/t19-,23-,25-,26-,27-,28-/m0/s1. The summed E-state index contributed by atoms with van der Waals surface area (Å²) in [7, 11) is 0. The molecular weight excluding hydrogens is 748 g/mol. The maximum absolute atomic E-state index is 14.1. The van der Waals surface area contributed by atoms with Crippen LogP contribution >= 0.6 is 0 Å². The number of nitrogens with two attached hydrogens (primary N) is 2. The van der Waals surface area contributed by atoms with Crippen molar-refractivity contribution in [3.63, 3.8) is 0 Å². The van der Waals surface area contributed by atoms with Gasteiger partial charge in [-0.15, -0.1) is 0 Å². The van der Waals surface area contributed by atoms with E-state index in [-0.39, 0.29) is 25.7 Å². The number of nitrogens with one attached hydrogen (secondary N) is 6. The van der Waals surface area contributed by atoms with E-state index in [9.17, 15) is 53.4 Å². The van der Waals surface area contributed by atoms with Crippen LogP contribution < -0.4 is 38.1 Å². The molecule has 3 rings (SSSR count). The molecule has 0 fully saturated rings. The first-order valence-electron chi connectivity index (χ1n) is 17.8. The molecule has 1 aromatic heterocycles. The normalized spacial score (nSPS) is 14.1. The second-order valence-electron chi connectivity index (χ2n) is 13.2. The molecule has 3 aromatic rings. The van der Waals surface area contributed by atoms with E-state index in [1.165, 1.54) is 6.92 Å². The molecule has 2 aromatic carbocycles. The first-order chi connectivity index (χ1) is 26.9. The van der Waals surface area contributed by atoms with E-state index >= 15 is 0 Å². The number of carboxylic acids is 3. The molecule has 13 N–H and O–H groups in total. The van der Waals surface area contributed by atoms with E-state index < -0.39 is 109 Å². The number of aliphatic carboxylic acids is 3. The molecule has 20 heteroatoms. The Kier molecular flexibility index (Phi) is 16.7. The van der Waals surface area contributed by atoms with Gasteiger partial charge >= 0.3 is 17.9 Å². The predicted octanol–water partition coefficient (Wildman–Crippen LogP) is -1.59. The van der Waals surface area contributed by atoms with E-state index in [4.69, 9.17) is 16.6 Å². The Morgan fingerprint density at radius 1 is 0.632 bits per heavy atom. The summed E-state index contributed by atoms with van der Waals surface area (Å²) in [6, 6.07) is 6.74. The van der Waals surface area contributed by atoms with Crippen LogP contribution in [0.1, 0.15) is 50.2 Å². The van der Waals surface area contributed by atoms with E-state index in [0.717, 1.165) is 0 Å². The molecule has 0 saturated heterocycles. The van der Waals surface area contributed by atoms with Gasteiger partial charge in [0.25, 0.3) is 0 Å². The number of para-hydroxylation sites is 1. The van der Waals surface area contributed by atoms with Crippen molar-refractivity contribution in [2.75, 3.05) is 0 Å². The zero-order valence-electron chi connectivity index (χ0n) is 30.9. The summed E-state index contributed by atoms with van der Waals surface area (Å²) in [4.78, 5) is 116. The van der Waals surface area contributed by atoms with Crippen molar-refractivity contribution in [1.29, 1.82) is 0 Å². The number of benzene rings is 2. The lowest BCUT2D eigenvalue weighted by Gasteiger charge is -2.26. The van der Waals surface area contributed by atoms with Gasteiger partial charge in [-0.2, -0.15) is 0 Å². The molecule has 0 aliphatic rings. The number of fused-ring (bicyclic) bond motifs is 1. The lowest BCUT2D eigenvalue weighted by molar-refractivity contribution is -0.142. The van der Waals surface area contributed by atoms with Crippen molar-refractivity contribution in [2.24, 2.45) is 11.5 Å². The van der Waals surface area contributed by atoms with Gasteiger partial charge in [0.15, 0.2) is 0 Å². The summed E-state index contributed by atoms with van der Waals surface area (Å²) in [5, 5.41) is 40.6. The molecule has 306 valence electrons. The first kappa shape index (κ1) is 44.6. The number of carboxylic acid groups (broad SMARTS) is 3. The number of primary amides is 1. The quantitative estimate of drug-likeness (QED) is 0.0517. The Morgan fingerprint density at radius 2 is 1.18 bits per heavy atom. The van der Waals surface area contributed by atoms with Crippen molar-refractivity contribution < 1.29 is 58.5 Å². The highest BCUT2D eigenvalue weighted by Crippen LogP contribution is 2.19. The van der Waals surface area contributed by atoms with Gasteiger partial charge in [-0.05, 0) is 37.0 Å². The van der Waals surface area contributed by atoms with Gasteiger partial charge < -0.3 is 58.4 Å². The van der Waals surface area contributed by atoms with Crippen LogP contribution in [0, 0.1) is 0 Å². The molecule has 0 aliphatic heterocycles. The summed E-state index contributed by atoms with van der Waals surface area (Å²) >= 11 is 0. The summed E-state index contributed by atoms with van der Waals surface area (Å²) in [5.74, 6) is -9.66. The number of rotatable bonds is 23. The second kappa shape index (κ2) is 21.3. The summed E-state index contributed by atoms with van der Waals surface area (Å²) in [6.07, 6.45) is -1.10. The van der Waals surface area contributed by atoms with Gasteiger partial charge in [0.1, 0.15) is 30.2 Å². The molecule has 0 saturated carbocycles. The summed E-state index contributed by atoms with van der Waals surface area (Å²) in [6.45, 7) is 1.25. The number of carbonyl (C=O) groups is 9. The van der Waals surface area contributed by atoms with Gasteiger partial charge in [0.2, 0.25) is 35.4 Å². The predicted molar refractivity (Wildman–Crippen MR) is 201 cm³/mol. The molecule has 6 atom stereocenters. The van der Waals surface area contributed by atoms with Gasteiger partial charge in [0, 0.05) is 42.8 Å². The Bertz CT molecular complexity index is 1950. The molecule has 0 unspecified atom stereocenters. The smallest absolute Gasteiger partial charge is 0.326 e. The SMILES string of the molecule is C[C@H](NC(=O)[C@H](CCC(=O)O)NC(=O)[C@@H](N)CC(=O)O)C(=O)N[C@@H](Cc1c[nH]c2ccccc12)C(=O)N[C@@H](Cc1ccccc1)C(=O)N[C@@H](CCC(N)=O)C(=O)O. The van der Waals surface area contributed by atoms with Crippen LogP contribution in [0.4, 0.5) is 0 Å². The van der Waals surface area contributed by atoms with Crippen molar-refractivity contribution >= 4 is 64.3 Å². The van der Waals surface area contributed by atoms with E-state index in [2.05, 4.69) is 31.6 Å². The zero-order chi connectivity index (χ0) is 42.2. The first-order valence-corrected chi connectivity index (χ1v) is 17.8. The Morgan fingerprint density at radius 3 is 1.79 bits per heavy atom. The van der Waals surface area contributed by atoms with Crippen molar-refractivity contribution in [3.05, 3.63) is 71.9 Å². The van der Waals surface area contributed by atoms with Crippen LogP contribution in [0.3, 0.4) is 0 Å².